The summed E-state index contributed by atoms with van der Waals surface area (Å²) in [6.07, 6.45) is 0. The van der Waals surface area contributed by atoms with Gasteiger partial charge in [0, 0.05) is 45.9 Å². The van der Waals surface area contributed by atoms with Crippen LogP contribution >= 0.6 is 0 Å². The molecule has 20 heteroatoms. The lowest BCUT2D eigenvalue weighted by atomic mass is 10.3. The maximum absolute atomic E-state index is 9.36. The second-order valence-electron chi connectivity index (χ2n) is 15.0. The molecule has 0 aromatic heterocycles. The van der Waals surface area contributed by atoms with Crippen LogP contribution in [0.1, 0.15) is 41.5 Å². The molecular weight excluding hydrogens is 897 g/mol. The highest BCUT2D eigenvalue weighted by Crippen LogP contribution is 2.45. The summed E-state index contributed by atoms with van der Waals surface area (Å²) in [5, 5.41) is 89.1. The molecule has 0 spiro atoms. The molecule has 0 saturated carbocycles. The number of hydrogen-bond acceptors (Lipinski definition) is 20. The molecule has 68 heavy (non-hydrogen) atoms. The molecule has 6 aromatic rings. The van der Waals surface area contributed by atoms with Crippen LogP contribution in [0.3, 0.4) is 0 Å². The SMILES string of the molecule is CC1(C)Oc2ccc(O)cc2O1.CC1(C)Oc2cccc(O)c2O1.CCOC1Oc2ccc(O)cc2O1.CCOC1Oc2cccc(O)c2O1.Oc1ccc(O)c(O)c1.Oc1cccc(O)c1O. The number of hydrogen-bond donors (Lipinski definition) is 10. The van der Waals surface area contributed by atoms with Crippen LogP contribution in [0.2, 0.25) is 0 Å². The Morgan fingerprint density at radius 2 is 0.824 bits per heavy atom. The molecule has 4 heterocycles. The zero-order chi connectivity index (χ0) is 49.8. The van der Waals surface area contributed by atoms with Crippen LogP contribution in [0.5, 0.6) is 103 Å². The van der Waals surface area contributed by atoms with Crippen LogP contribution in [0.15, 0.2) is 109 Å². The number of ether oxygens (including phenoxy) is 10. The van der Waals surface area contributed by atoms with Crippen LogP contribution in [0.25, 0.3) is 0 Å². The van der Waals surface area contributed by atoms with E-state index in [9.17, 15) is 10.2 Å². The van der Waals surface area contributed by atoms with Gasteiger partial charge < -0.3 is 98.4 Å². The van der Waals surface area contributed by atoms with Crippen molar-refractivity contribution in [3.8, 4) is 103 Å². The molecule has 4 aliphatic heterocycles. The third kappa shape index (κ3) is 14.1. The molecule has 0 fully saturated rings. The van der Waals surface area contributed by atoms with Gasteiger partial charge in [-0.25, -0.2) is 0 Å². The number of phenols is 10. The minimum absolute atomic E-state index is 0.0645. The first-order valence-electron chi connectivity index (χ1n) is 20.5. The Morgan fingerprint density at radius 1 is 0.382 bits per heavy atom. The second kappa shape index (κ2) is 22.2. The third-order valence-corrected chi connectivity index (χ3v) is 8.63. The number of phenolic OH excluding ortho intramolecular Hbond substituents is 10. The molecule has 0 saturated heterocycles. The van der Waals surface area contributed by atoms with E-state index in [1.54, 1.807) is 68.4 Å². The van der Waals surface area contributed by atoms with Gasteiger partial charge in [-0.3, -0.25) is 0 Å². The lowest BCUT2D eigenvalue weighted by Crippen LogP contribution is -2.29. The minimum atomic E-state index is -0.728. The summed E-state index contributed by atoms with van der Waals surface area (Å²) in [5.74, 6) is 1.83. The van der Waals surface area contributed by atoms with Gasteiger partial charge >= 0.3 is 13.0 Å². The highest BCUT2D eigenvalue weighted by molar-refractivity contribution is 5.53. The van der Waals surface area contributed by atoms with Crippen molar-refractivity contribution in [1.29, 1.82) is 0 Å². The fraction of sp³-hybridized carbons (Fsp3) is 0.250. The van der Waals surface area contributed by atoms with Crippen LogP contribution in [-0.4, -0.2) is 88.8 Å². The van der Waals surface area contributed by atoms with E-state index < -0.39 is 30.3 Å². The van der Waals surface area contributed by atoms with Crippen LogP contribution < -0.4 is 37.9 Å². The normalized spacial score (nSPS) is 16.0. The van der Waals surface area contributed by atoms with Crippen LogP contribution in [0.4, 0.5) is 0 Å². The summed E-state index contributed by atoms with van der Waals surface area (Å²) in [4.78, 5) is 0. The monoisotopic (exact) mass is 948 g/mol. The largest absolute Gasteiger partial charge is 0.508 e. The number of aromatic hydroxyl groups is 10. The Kier molecular flexibility index (Phi) is 16.5. The van der Waals surface area contributed by atoms with Gasteiger partial charge in [0.1, 0.15) is 17.2 Å². The van der Waals surface area contributed by atoms with Gasteiger partial charge in [0.25, 0.3) is 0 Å². The summed E-state index contributed by atoms with van der Waals surface area (Å²) in [7, 11) is 0. The summed E-state index contributed by atoms with van der Waals surface area (Å²) >= 11 is 0. The maximum atomic E-state index is 9.36. The Labute approximate surface area is 389 Å². The number of rotatable bonds is 4. The highest BCUT2D eigenvalue weighted by Gasteiger charge is 2.34. The predicted octanol–water partition coefficient (Wildman–Crippen LogP) is 8.37. The first-order chi connectivity index (χ1) is 32.2. The van der Waals surface area contributed by atoms with Gasteiger partial charge in [0.05, 0.1) is 13.2 Å². The Balaban J connectivity index is 0.000000153. The zero-order valence-electron chi connectivity index (χ0n) is 37.5. The molecule has 0 bridgehead atoms. The first-order valence-corrected chi connectivity index (χ1v) is 20.5. The fourth-order valence-corrected chi connectivity index (χ4v) is 5.73. The molecule has 0 radical (unpaired) electrons. The third-order valence-electron chi connectivity index (χ3n) is 8.63. The van der Waals surface area contributed by atoms with Crippen molar-refractivity contribution < 1.29 is 98.4 Å². The van der Waals surface area contributed by atoms with Crippen LogP contribution in [0, 0.1) is 0 Å². The van der Waals surface area contributed by atoms with Crippen LogP contribution in [-0.2, 0) is 9.47 Å². The highest BCUT2D eigenvalue weighted by atomic mass is 16.9. The summed E-state index contributed by atoms with van der Waals surface area (Å²) in [5.41, 5.74) is 0. The van der Waals surface area contributed by atoms with E-state index in [1.165, 1.54) is 48.5 Å². The molecule has 6 aromatic carbocycles. The average Bonchev–Trinajstić information content (AvgIpc) is 4.04. The zero-order valence-corrected chi connectivity index (χ0v) is 37.5. The average molecular weight is 949 g/mol. The summed E-state index contributed by atoms with van der Waals surface area (Å²) in [6.45, 7) is 10.6. The molecule has 2 atom stereocenters. The van der Waals surface area contributed by atoms with E-state index in [2.05, 4.69) is 0 Å². The standard InChI is InChI=1S/2C9H10O4.2C9H10O3.2C6H6O3/c1-2-11-9-12-7-4-3-6(10)5-8(7)13-9;1-2-11-9-12-7-5-3-4-6(10)8(7)13-9;1-9(2)11-7-4-3-6(10)5-8(7)12-9;1-9(2)11-7-5-3-4-6(10)8(7)12-9;7-4-1-2-5(8)6(9)3-4;7-4-2-1-3-5(8)6(4)9/h2*3-5,9-10H,2H2,1H3;2*3-5,10H,1-2H3;2*1-3,7-9H. The molecule has 0 aliphatic carbocycles. The van der Waals surface area contributed by atoms with Gasteiger partial charge in [-0.2, -0.15) is 0 Å². The van der Waals surface area contributed by atoms with Crippen molar-refractivity contribution in [3.63, 3.8) is 0 Å². The predicted molar refractivity (Wildman–Crippen MR) is 239 cm³/mol. The maximum Gasteiger partial charge on any atom is 0.361 e. The van der Waals surface area contributed by atoms with Gasteiger partial charge in [0.15, 0.2) is 74.7 Å². The number of para-hydroxylation sites is 3. The molecule has 2 unspecified atom stereocenters. The number of benzene rings is 6. The van der Waals surface area contributed by atoms with Gasteiger partial charge in [-0.05, 0) is 86.6 Å². The Morgan fingerprint density at radius 3 is 1.38 bits per heavy atom. The molecule has 20 nitrogen and oxygen atoms in total. The number of fused-ring (bicyclic) bond motifs is 4. The van der Waals surface area contributed by atoms with E-state index >= 15 is 0 Å². The lowest BCUT2D eigenvalue weighted by Gasteiger charge is -2.16. The van der Waals surface area contributed by atoms with Crippen molar-refractivity contribution in [1.82, 2.24) is 0 Å². The summed E-state index contributed by atoms with van der Waals surface area (Å²) < 4.78 is 52.6. The van der Waals surface area contributed by atoms with Gasteiger partial charge in [0.2, 0.25) is 23.1 Å². The molecule has 364 valence electrons. The van der Waals surface area contributed by atoms with E-state index in [0.29, 0.717) is 59.2 Å². The topological polar surface area (TPSA) is 295 Å². The quantitative estimate of drug-likeness (QED) is 0.0586. The molecular formula is C48H52O20. The van der Waals surface area contributed by atoms with Crippen molar-refractivity contribution in [3.05, 3.63) is 109 Å². The lowest BCUT2D eigenvalue weighted by molar-refractivity contribution is -0.174. The second-order valence-corrected chi connectivity index (χ2v) is 15.0. The fourth-order valence-electron chi connectivity index (χ4n) is 5.73. The van der Waals surface area contributed by atoms with E-state index in [4.69, 9.17) is 88.2 Å². The van der Waals surface area contributed by atoms with Crippen molar-refractivity contribution in [2.45, 2.75) is 66.1 Å². The van der Waals surface area contributed by atoms with Crippen molar-refractivity contribution in [2.24, 2.45) is 0 Å². The summed E-state index contributed by atoms with van der Waals surface area (Å²) in [6, 6.07) is 27.1. The molecule has 4 aliphatic rings. The van der Waals surface area contributed by atoms with E-state index in [-0.39, 0.29) is 51.7 Å². The Bertz CT molecular complexity index is 2590. The van der Waals surface area contributed by atoms with E-state index in [1.807, 2.05) is 27.7 Å². The van der Waals surface area contributed by atoms with E-state index in [0.717, 1.165) is 6.07 Å². The van der Waals surface area contributed by atoms with Crippen molar-refractivity contribution >= 4 is 0 Å². The molecule has 10 N–H and O–H groups in total. The minimum Gasteiger partial charge on any atom is -0.508 e. The molecule has 10 rings (SSSR count). The smallest absolute Gasteiger partial charge is 0.361 e. The Hall–Kier alpha value is -8.36. The van der Waals surface area contributed by atoms with Gasteiger partial charge in [-0.1, -0.05) is 18.2 Å². The van der Waals surface area contributed by atoms with Gasteiger partial charge in [-0.15, -0.1) is 0 Å². The first kappa shape index (κ1) is 50.6. The molecule has 0 amide bonds. The van der Waals surface area contributed by atoms with Crippen molar-refractivity contribution in [2.75, 3.05) is 13.2 Å².